The number of alkyl halides is 1. The van der Waals surface area contributed by atoms with Crippen LogP contribution in [0.1, 0.15) is 41.5 Å². The molecule has 1 N–H and O–H groups in total. The SMILES string of the molecule is CC(C)(C)[C@@H]1[C@@H](O)[C@@H](F)CN1C(C)(C)C. The van der Waals surface area contributed by atoms with Gasteiger partial charge in [0.05, 0.1) is 0 Å². The fourth-order valence-electron chi connectivity index (χ4n) is 2.46. The summed E-state index contributed by atoms with van der Waals surface area (Å²) in [6.07, 6.45) is -1.97. The summed E-state index contributed by atoms with van der Waals surface area (Å²) < 4.78 is 13.6. The average molecular weight is 217 g/mol. The van der Waals surface area contributed by atoms with E-state index in [1.807, 2.05) is 0 Å². The van der Waals surface area contributed by atoms with Gasteiger partial charge >= 0.3 is 0 Å². The van der Waals surface area contributed by atoms with Crippen LogP contribution in [0.3, 0.4) is 0 Å². The van der Waals surface area contributed by atoms with Crippen molar-refractivity contribution in [3.8, 4) is 0 Å². The third kappa shape index (κ3) is 2.51. The predicted molar refractivity (Wildman–Crippen MR) is 60.6 cm³/mol. The number of halogens is 1. The summed E-state index contributed by atoms with van der Waals surface area (Å²) in [6, 6.07) is -0.104. The Morgan fingerprint density at radius 3 is 1.87 bits per heavy atom. The van der Waals surface area contributed by atoms with Crippen molar-refractivity contribution in [1.29, 1.82) is 0 Å². The second kappa shape index (κ2) is 3.70. The Hall–Kier alpha value is -0.150. The standard InChI is InChI=1S/C12H24FNO/c1-11(2,3)10-9(15)8(13)7-14(10)12(4,5)6/h8-10,15H,7H2,1-6H3/t8-,9-,10-/m0/s1. The Labute approximate surface area is 92.5 Å². The van der Waals surface area contributed by atoms with Crippen molar-refractivity contribution in [3.05, 3.63) is 0 Å². The summed E-state index contributed by atoms with van der Waals surface area (Å²) in [4.78, 5) is 2.09. The van der Waals surface area contributed by atoms with Crippen LogP contribution in [0.15, 0.2) is 0 Å². The topological polar surface area (TPSA) is 23.5 Å². The maximum atomic E-state index is 13.6. The quantitative estimate of drug-likeness (QED) is 0.672. The maximum Gasteiger partial charge on any atom is 0.140 e. The number of nitrogens with zero attached hydrogens (tertiary/aromatic N) is 1. The molecule has 0 saturated carbocycles. The number of aliphatic hydroxyl groups excluding tert-OH is 1. The Bertz CT molecular complexity index is 229. The van der Waals surface area contributed by atoms with Crippen LogP contribution < -0.4 is 0 Å². The first-order chi connectivity index (χ1) is 6.55. The zero-order valence-electron chi connectivity index (χ0n) is 10.7. The molecule has 1 heterocycles. The molecular formula is C12H24FNO. The van der Waals surface area contributed by atoms with E-state index in [0.717, 1.165) is 0 Å². The van der Waals surface area contributed by atoms with Crippen LogP contribution in [0.25, 0.3) is 0 Å². The van der Waals surface area contributed by atoms with E-state index in [1.54, 1.807) is 0 Å². The van der Waals surface area contributed by atoms with Crippen molar-refractivity contribution in [2.45, 2.75) is 65.4 Å². The molecule has 0 aliphatic carbocycles. The van der Waals surface area contributed by atoms with Crippen molar-refractivity contribution in [3.63, 3.8) is 0 Å². The molecule has 0 aromatic carbocycles. The van der Waals surface area contributed by atoms with Crippen LogP contribution in [0, 0.1) is 5.41 Å². The molecule has 0 aromatic rings. The van der Waals surface area contributed by atoms with Crippen LogP contribution >= 0.6 is 0 Å². The molecular weight excluding hydrogens is 193 g/mol. The molecule has 1 aliphatic rings. The molecule has 3 atom stereocenters. The van der Waals surface area contributed by atoms with Gasteiger partial charge in [0.15, 0.2) is 0 Å². The molecule has 1 fully saturated rings. The van der Waals surface area contributed by atoms with E-state index in [4.69, 9.17) is 0 Å². The molecule has 1 saturated heterocycles. The summed E-state index contributed by atoms with van der Waals surface area (Å²) in [5.41, 5.74) is -0.201. The molecule has 2 nitrogen and oxygen atoms in total. The smallest absolute Gasteiger partial charge is 0.140 e. The van der Waals surface area contributed by atoms with Gasteiger partial charge in [-0.2, -0.15) is 0 Å². The number of rotatable bonds is 0. The lowest BCUT2D eigenvalue weighted by Gasteiger charge is -2.43. The highest BCUT2D eigenvalue weighted by atomic mass is 19.1. The van der Waals surface area contributed by atoms with Gasteiger partial charge < -0.3 is 5.11 Å². The minimum atomic E-state index is -1.12. The van der Waals surface area contributed by atoms with Crippen molar-refractivity contribution in [2.24, 2.45) is 5.41 Å². The minimum absolute atomic E-state index is 0.0975. The highest BCUT2D eigenvalue weighted by Crippen LogP contribution is 2.38. The van der Waals surface area contributed by atoms with Gasteiger partial charge in [0, 0.05) is 18.1 Å². The van der Waals surface area contributed by atoms with E-state index < -0.39 is 12.3 Å². The lowest BCUT2D eigenvalue weighted by Crippen LogP contribution is -2.52. The van der Waals surface area contributed by atoms with E-state index in [-0.39, 0.29) is 17.0 Å². The van der Waals surface area contributed by atoms with E-state index in [0.29, 0.717) is 6.54 Å². The molecule has 0 radical (unpaired) electrons. The number of hydrogen-bond acceptors (Lipinski definition) is 2. The van der Waals surface area contributed by atoms with Gasteiger partial charge in [-0.15, -0.1) is 0 Å². The molecule has 90 valence electrons. The second-order valence-corrected chi connectivity index (χ2v) is 6.64. The Kier molecular flexibility index (Phi) is 3.19. The lowest BCUT2D eigenvalue weighted by molar-refractivity contribution is -0.00328. The second-order valence-electron chi connectivity index (χ2n) is 6.64. The summed E-state index contributed by atoms with van der Waals surface area (Å²) in [6.45, 7) is 12.7. The number of likely N-dealkylation sites (tertiary alicyclic amines) is 1. The predicted octanol–water partition coefficient (Wildman–Crippen LogP) is 2.21. The highest BCUT2D eigenvalue weighted by molar-refractivity contribution is 5.03. The van der Waals surface area contributed by atoms with Crippen LogP contribution in [0.5, 0.6) is 0 Å². The van der Waals surface area contributed by atoms with E-state index in [1.165, 1.54) is 0 Å². The average Bonchev–Trinajstić information content (AvgIpc) is 2.25. The molecule has 0 unspecified atom stereocenters. The van der Waals surface area contributed by atoms with E-state index >= 15 is 0 Å². The van der Waals surface area contributed by atoms with Crippen molar-refractivity contribution < 1.29 is 9.50 Å². The van der Waals surface area contributed by atoms with Crippen LogP contribution in [0.4, 0.5) is 4.39 Å². The maximum absolute atomic E-state index is 13.6. The molecule has 0 aromatic heterocycles. The molecule has 1 aliphatic heterocycles. The van der Waals surface area contributed by atoms with Gasteiger partial charge in [-0.05, 0) is 26.2 Å². The number of aliphatic hydroxyl groups is 1. The summed E-state index contributed by atoms with van der Waals surface area (Å²) >= 11 is 0. The van der Waals surface area contributed by atoms with Gasteiger partial charge in [-0.3, -0.25) is 4.90 Å². The Morgan fingerprint density at radius 1 is 1.13 bits per heavy atom. The highest BCUT2D eigenvalue weighted by Gasteiger charge is 2.50. The first kappa shape index (κ1) is 12.9. The summed E-state index contributed by atoms with van der Waals surface area (Å²) in [5, 5.41) is 9.91. The number of hydrogen-bond donors (Lipinski definition) is 1. The van der Waals surface area contributed by atoms with Gasteiger partial charge in [0.1, 0.15) is 12.3 Å². The monoisotopic (exact) mass is 217 g/mol. The van der Waals surface area contributed by atoms with Crippen LogP contribution in [0.2, 0.25) is 0 Å². The van der Waals surface area contributed by atoms with Crippen LogP contribution in [-0.2, 0) is 0 Å². The van der Waals surface area contributed by atoms with Crippen molar-refractivity contribution in [2.75, 3.05) is 6.54 Å². The normalized spacial score (nSPS) is 34.8. The molecule has 0 bridgehead atoms. The van der Waals surface area contributed by atoms with E-state index in [2.05, 4.69) is 46.4 Å². The van der Waals surface area contributed by atoms with Crippen LogP contribution in [-0.4, -0.2) is 40.4 Å². The summed E-state index contributed by atoms with van der Waals surface area (Å²) in [7, 11) is 0. The van der Waals surface area contributed by atoms with Crippen molar-refractivity contribution >= 4 is 0 Å². The first-order valence-corrected chi connectivity index (χ1v) is 5.64. The Morgan fingerprint density at radius 2 is 1.60 bits per heavy atom. The molecule has 0 spiro atoms. The molecule has 0 amide bonds. The Balaban J connectivity index is 2.98. The first-order valence-electron chi connectivity index (χ1n) is 5.64. The third-order valence-electron chi connectivity index (χ3n) is 3.15. The van der Waals surface area contributed by atoms with Gasteiger partial charge in [-0.25, -0.2) is 4.39 Å². The molecule has 15 heavy (non-hydrogen) atoms. The zero-order valence-corrected chi connectivity index (χ0v) is 10.7. The van der Waals surface area contributed by atoms with Gasteiger partial charge in [0.2, 0.25) is 0 Å². The fraction of sp³-hybridized carbons (Fsp3) is 1.00. The third-order valence-corrected chi connectivity index (χ3v) is 3.15. The van der Waals surface area contributed by atoms with Gasteiger partial charge in [-0.1, -0.05) is 20.8 Å². The summed E-state index contributed by atoms with van der Waals surface area (Å²) in [5.74, 6) is 0. The lowest BCUT2D eigenvalue weighted by atomic mass is 9.82. The fourth-order valence-corrected chi connectivity index (χ4v) is 2.46. The van der Waals surface area contributed by atoms with E-state index in [9.17, 15) is 9.50 Å². The molecule has 3 heteroatoms. The minimum Gasteiger partial charge on any atom is -0.388 e. The molecule has 1 rings (SSSR count). The zero-order chi connectivity index (χ0) is 12.0. The van der Waals surface area contributed by atoms with Gasteiger partial charge in [0.25, 0.3) is 0 Å². The van der Waals surface area contributed by atoms with Crippen molar-refractivity contribution in [1.82, 2.24) is 4.90 Å². The largest absolute Gasteiger partial charge is 0.388 e.